The van der Waals surface area contributed by atoms with E-state index in [1.54, 1.807) is 6.92 Å². The predicted molar refractivity (Wildman–Crippen MR) is 88.0 cm³/mol. The van der Waals surface area contributed by atoms with Gasteiger partial charge >= 0.3 is 5.97 Å². The van der Waals surface area contributed by atoms with Gasteiger partial charge in [0.25, 0.3) is 5.82 Å². The Bertz CT molecular complexity index is 794. The van der Waals surface area contributed by atoms with Crippen molar-refractivity contribution in [1.82, 2.24) is 19.8 Å². The molecule has 0 amide bonds. The molecule has 0 bridgehead atoms. The van der Waals surface area contributed by atoms with E-state index in [0.717, 1.165) is 19.3 Å². The van der Waals surface area contributed by atoms with Gasteiger partial charge in [0.2, 0.25) is 5.69 Å². The molecule has 24 heavy (non-hydrogen) atoms. The van der Waals surface area contributed by atoms with Crippen molar-refractivity contribution in [3.8, 4) is 0 Å². The molecule has 8 nitrogen and oxygen atoms in total. The van der Waals surface area contributed by atoms with E-state index in [-0.39, 0.29) is 18.5 Å². The lowest BCUT2D eigenvalue weighted by Crippen LogP contribution is -2.30. The summed E-state index contributed by atoms with van der Waals surface area (Å²) in [5, 5.41) is 15.5. The van der Waals surface area contributed by atoms with Gasteiger partial charge in [-0.05, 0) is 25.7 Å². The van der Waals surface area contributed by atoms with Crippen LogP contribution in [0.15, 0.2) is 6.20 Å². The van der Waals surface area contributed by atoms with Gasteiger partial charge in [-0.25, -0.2) is 9.64 Å². The predicted octanol–water partition coefficient (Wildman–Crippen LogP) is 2.84. The van der Waals surface area contributed by atoms with Crippen molar-refractivity contribution in [2.24, 2.45) is 5.92 Å². The van der Waals surface area contributed by atoms with E-state index >= 15 is 0 Å². The van der Waals surface area contributed by atoms with Crippen molar-refractivity contribution >= 4 is 23.0 Å². The second kappa shape index (κ2) is 6.83. The third kappa shape index (κ3) is 2.89. The van der Waals surface area contributed by atoms with E-state index in [2.05, 4.69) is 32.4 Å². The van der Waals surface area contributed by atoms with Gasteiger partial charge in [-0.2, -0.15) is 9.61 Å². The van der Waals surface area contributed by atoms with E-state index in [1.165, 1.54) is 17.1 Å². The number of nitrogens with zero attached hydrogens (tertiary/aromatic N) is 5. The Morgan fingerprint density at radius 2 is 2.25 bits per heavy atom. The lowest BCUT2D eigenvalue weighted by Gasteiger charge is -2.30. The summed E-state index contributed by atoms with van der Waals surface area (Å²) in [7, 11) is 0. The number of aromatic nitrogens is 4. The molecule has 0 aliphatic heterocycles. The van der Waals surface area contributed by atoms with E-state index < -0.39 is 5.97 Å². The molecule has 1 N–H and O–H groups in total. The third-order valence-corrected chi connectivity index (χ3v) is 4.44. The Balaban J connectivity index is 2.02. The van der Waals surface area contributed by atoms with E-state index in [1.807, 2.05) is 0 Å². The minimum atomic E-state index is -0.579. The number of ether oxygens (including phenoxy) is 1. The highest BCUT2D eigenvalue weighted by molar-refractivity contribution is 5.89. The van der Waals surface area contributed by atoms with Gasteiger partial charge in [-0.1, -0.05) is 19.8 Å². The summed E-state index contributed by atoms with van der Waals surface area (Å²) in [4.78, 5) is 15.5. The summed E-state index contributed by atoms with van der Waals surface area (Å²) >= 11 is 0. The number of hydrogen-bond acceptors (Lipinski definition) is 6. The average molecular weight is 328 g/mol. The van der Waals surface area contributed by atoms with E-state index in [0.29, 0.717) is 22.9 Å². The molecular formula is C16H20N6O2. The molecule has 126 valence electrons. The Morgan fingerprint density at radius 1 is 1.46 bits per heavy atom. The maximum absolute atomic E-state index is 12.0. The normalized spacial score (nSPS) is 20.5. The van der Waals surface area contributed by atoms with Gasteiger partial charge < -0.3 is 10.1 Å². The zero-order valence-electron chi connectivity index (χ0n) is 13.8. The molecule has 0 radical (unpaired) electrons. The molecule has 1 aliphatic rings. The number of rotatable bonds is 4. The standard InChI is InChI=1S/C16H20N6O2/c1-4-24-16(23)15-21-20-14-13(12(17-3)9-18-22(14)15)19-11-8-6-5-7-10(11)2/h9-11,19H,4-8H2,1-2H3. The highest BCUT2D eigenvalue weighted by Crippen LogP contribution is 2.33. The average Bonchev–Trinajstić information content (AvgIpc) is 3.02. The lowest BCUT2D eigenvalue weighted by molar-refractivity contribution is 0.0509. The SMILES string of the molecule is [C-]#[N+]c1cnn2c(C(=O)OCC)nnc2c1NC1CCCCC1C. The number of fused-ring (bicyclic) bond motifs is 1. The van der Waals surface area contributed by atoms with Crippen LogP contribution in [0.1, 0.15) is 50.1 Å². The van der Waals surface area contributed by atoms with Gasteiger partial charge in [-0.15, -0.1) is 10.2 Å². The fourth-order valence-electron chi connectivity index (χ4n) is 3.10. The molecule has 2 unspecified atom stereocenters. The molecule has 0 saturated heterocycles. The highest BCUT2D eigenvalue weighted by Gasteiger charge is 2.25. The number of nitrogens with one attached hydrogen (secondary N) is 1. The van der Waals surface area contributed by atoms with Gasteiger partial charge in [0.15, 0.2) is 5.65 Å². The zero-order valence-corrected chi connectivity index (χ0v) is 13.8. The van der Waals surface area contributed by atoms with Crippen molar-refractivity contribution in [2.45, 2.75) is 45.6 Å². The number of carbonyl (C=O) groups excluding carboxylic acids is 1. The molecule has 0 aromatic carbocycles. The quantitative estimate of drug-likeness (QED) is 0.686. The largest absolute Gasteiger partial charge is 0.460 e. The number of anilines is 1. The molecule has 1 fully saturated rings. The Hall–Kier alpha value is -2.69. The van der Waals surface area contributed by atoms with Crippen molar-refractivity contribution in [2.75, 3.05) is 11.9 Å². The summed E-state index contributed by atoms with van der Waals surface area (Å²) in [6, 6.07) is 0.271. The first-order chi connectivity index (χ1) is 11.7. The molecule has 2 heterocycles. The number of carbonyl (C=O) groups is 1. The summed E-state index contributed by atoms with van der Waals surface area (Å²) in [5.74, 6) is -0.0498. The van der Waals surface area contributed by atoms with Gasteiger partial charge in [0, 0.05) is 6.04 Å². The van der Waals surface area contributed by atoms with Crippen molar-refractivity contribution in [3.63, 3.8) is 0 Å². The van der Waals surface area contributed by atoms with Gasteiger partial charge in [0.05, 0.1) is 25.1 Å². The molecule has 2 aromatic rings. The van der Waals surface area contributed by atoms with Gasteiger partial charge in [-0.3, -0.25) is 0 Å². The zero-order chi connectivity index (χ0) is 17.1. The third-order valence-electron chi connectivity index (χ3n) is 4.44. The van der Waals surface area contributed by atoms with Crippen LogP contribution in [-0.4, -0.2) is 38.4 Å². The maximum Gasteiger partial charge on any atom is 0.378 e. The molecular weight excluding hydrogens is 308 g/mol. The minimum absolute atomic E-state index is 0.0168. The van der Waals surface area contributed by atoms with Crippen LogP contribution < -0.4 is 5.32 Å². The second-order valence-electron chi connectivity index (χ2n) is 6.01. The fraction of sp³-hybridized carbons (Fsp3) is 0.562. The fourth-order valence-corrected chi connectivity index (χ4v) is 3.10. The minimum Gasteiger partial charge on any atom is -0.460 e. The van der Waals surface area contributed by atoms with Crippen molar-refractivity contribution in [1.29, 1.82) is 0 Å². The van der Waals surface area contributed by atoms with Crippen LogP contribution in [0, 0.1) is 12.5 Å². The van der Waals surface area contributed by atoms with Crippen molar-refractivity contribution < 1.29 is 9.53 Å². The van der Waals surface area contributed by atoms with Crippen LogP contribution in [0.4, 0.5) is 11.4 Å². The number of hydrogen-bond donors (Lipinski definition) is 1. The monoisotopic (exact) mass is 328 g/mol. The molecule has 1 aliphatic carbocycles. The van der Waals surface area contributed by atoms with Crippen LogP contribution in [0.3, 0.4) is 0 Å². The highest BCUT2D eigenvalue weighted by atomic mass is 16.5. The maximum atomic E-state index is 12.0. The summed E-state index contributed by atoms with van der Waals surface area (Å²) in [5.41, 5.74) is 1.34. The first-order valence-electron chi connectivity index (χ1n) is 8.21. The lowest BCUT2D eigenvalue weighted by atomic mass is 9.86. The first-order valence-corrected chi connectivity index (χ1v) is 8.21. The van der Waals surface area contributed by atoms with Crippen LogP contribution in [0.5, 0.6) is 0 Å². The van der Waals surface area contributed by atoms with Crippen LogP contribution in [0.25, 0.3) is 10.5 Å². The summed E-state index contributed by atoms with van der Waals surface area (Å²) in [6.45, 7) is 11.6. The molecule has 3 rings (SSSR count). The Morgan fingerprint density at radius 3 is 2.96 bits per heavy atom. The molecule has 2 atom stereocenters. The van der Waals surface area contributed by atoms with Gasteiger partial charge in [0.1, 0.15) is 0 Å². The molecule has 2 aromatic heterocycles. The molecule has 1 saturated carbocycles. The van der Waals surface area contributed by atoms with Crippen molar-refractivity contribution in [3.05, 3.63) is 23.4 Å². The second-order valence-corrected chi connectivity index (χ2v) is 6.01. The van der Waals surface area contributed by atoms with E-state index in [4.69, 9.17) is 11.3 Å². The topological polar surface area (TPSA) is 85.8 Å². The summed E-state index contributed by atoms with van der Waals surface area (Å²) < 4.78 is 6.31. The van der Waals surface area contributed by atoms with Crippen LogP contribution in [-0.2, 0) is 4.74 Å². The number of esters is 1. The summed E-state index contributed by atoms with van der Waals surface area (Å²) in [6.07, 6.45) is 6.04. The van der Waals surface area contributed by atoms with Crippen LogP contribution >= 0.6 is 0 Å². The molecule has 0 spiro atoms. The molecule has 8 heteroatoms. The first kappa shape index (κ1) is 16.2. The Kier molecular flexibility index (Phi) is 4.60. The Labute approximate surface area is 140 Å². The van der Waals surface area contributed by atoms with E-state index in [9.17, 15) is 4.79 Å². The smallest absolute Gasteiger partial charge is 0.378 e. The van der Waals surface area contributed by atoms with Crippen LogP contribution in [0.2, 0.25) is 0 Å².